The average molecular weight is 374 g/mol. The average Bonchev–Trinajstić information content (AvgIpc) is 3.28. The molecule has 1 aromatic heterocycles. The van der Waals surface area contributed by atoms with Crippen molar-refractivity contribution in [3.8, 4) is 0 Å². The zero-order valence-electron chi connectivity index (χ0n) is 15.5. The van der Waals surface area contributed by atoms with Gasteiger partial charge >= 0.3 is 0 Å². The van der Waals surface area contributed by atoms with Gasteiger partial charge in [-0.25, -0.2) is 4.98 Å². The molecular formula is C20H27N3O2S. The number of carbonyl (C=O) groups is 1. The van der Waals surface area contributed by atoms with E-state index >= 15 is 0 Å². The number of thioether (sulfide) groups is 1. The van der Waals surface area contributed by atoms with Gasteiger partial charge in [0.25, 0.3) is 0 Å². The Morgan fingerprint density at radius 3 is 2.96 bits per heavy atom. The fraction of sp³-hybridized carbons (Fsp3) is 0.600. The molecule has 2 aliphatic rings. The van der Waals surface area contributed by atoms with E-state index in [0.717, 1.165) is 36.2 Å². The normalized spacial score (nSPS) is 23.6. The molecule has 4 rings (SSSR count). The number of aromatic amines is 1. The molecule has 0 radical (unpaired) electrons. The first-order valence-corrected chi connectivity index (χ1v) is 10.6. The first-order chi connectivity index (χ1) is 12.6. The number of rotatable bonds is 4. The topological polar surface area (TPSA) is 58.2 Å². The Morgan fingerprint density at radius 2 is 2.19 bits per heavy atom. The van der Waals surface area contributed by atoms with Gasteiger partial charge in [0, 0.05) is 0 Å². The standard InChI is InChI=1S/C20H27N3O2S/c1-14-11-25-20(9-5-6-10-20)13-23(14)18(24)12-26-15(2)19-21-16-7-3-4-8-17(16)22-19/h3-4,7-8,14-15H,5-6,9-13H2,1-2H3,(H,21,22). The highest BCUT2D eigenvalue weighted by Crippen LogP contribution is 2.37. The molecule has 1 amide bonds. The van der Waals surface area contributed by atoms with Crippen LogP contribution >= 0.6 is 11.8 Å². The van der Waals surface area contributed by atoms with Crippen LogP contribution in [0.25, 0.3) is 11.0 Å². The van der Waals surface area contributed by atoms with Crippen molar-refractivity contribution in [2.75, 3.05) is 18.9 Å². The van der Waals surface area contributed by atoms with Crippen molar-refractivity contribution in [1.29, 1.82) is 0 Å². The number of aromatic nitrogens is 2. The van der Waals surface area contributed by atoms with E-state index in [1.807, 2.05) is 29.2 Å². The van der Waals surface area contributed by atoms with E-state index in [9.17, 15) is 4.79 Å². The van der Waals surface area contributed by atoms with E-state index in [4.69, 9.17) is 4.74 Å². The minimum atomic E-state index is -0.0722. The second kappa shape index (κ2) is 7.24. The van der Waals surface area contributed by atoms with E-state index in [1.54, 1.807) is 11.8 Å². The molecule has 1 N–H and O–H groups in total. The number of morpholine rings is 1. The molecule has 6 heteroatoms. The number of nitrogens with one attached hydrogen (secondary N) is 1. The number of H-pyrrole nitrogens is 1. The van der Waals surface area contributed by atoms with Crippen molar-refractivity contribution in [3.63, 3.8) is 0 Å². The summed E-state index contributed by atoms with van der Waals surface area (Å²) in [7, 11) is 0. The molecule has 26 heavy (non-hydrogen) atoms. The highest BCUT2D eigenvalue weighted by atomic mass is 32.2. The van der Waals surface area contributed by atoms with Crippen LogP contribution in [-0.4, -0.2) is 51.3 Å². The fourth-order valence-corrected chi connectivity index (χ4v) is 4.91. The van der Waals surface area contributed by atoms with Crippen LogP contribution < -0.4 is 0 Å². The van der Waals surface area contributed by atoms with Crippen LogP contribution in [-0.2, 0) is 9.53 Å². The lowest BCUT2D eigenvalue weighted by molar-refractivity contribution is -0.156. The summed E-state index contributed by atoms with van der Waals surface area (Å²) in [6.45, 7) is 5.62. The summed E-state index contributed by atoms with van der Waals surface area (Å²) in [4.78, 5) is 22.9. The molecule has 2 unspecified atom stereocenters. The second-order valence-electron chi connectivity index (χ2n) is 7.66. The number of para-hydroxylation sites is 2. The number of amides is 1. The Hall–Kier alpha value is -1.53. The number of imidazole rings is 1. The van der Waals surface area contributed by atoms with Gasteiger partial charge in [0.05, 0.1) is 46.8 Å². The minimum Gasteiger partial charge on any atom is -0.371 e. The van der Waals surface area contributed by atoms with E-state index in [1.165, 1.54) is 12.8 Å². The maximum atomic E-state index is 12.9. The molecule has 1 saturated carbocycles. The number of fused-ring (bicyclic) bond motifs is 1. The van der Waals surface area contributed by atoms with Crippen LogP contribution in [0.5, 0.6) is 0 Å². The van der Waals surface area contributed by atoms with Crippen LogP contribution in [0.1, 0.15) is 50.6 Å². The molecule has 5 nitrogen and oxygen atoms in total. The predicted molar refractivity (Wildman–Crippen MR) is 105 cm³/mol. The lowest BCUT2D eigenvalue weighted by Crippen LogP contribution is -2.57. The van der Waals surface area contributed by atoms with Crippen LogP contribution in [0.15, 0.2) is 24.3 Å². The summed E-state index contributed by atoms with van der Waals surface area (Å²) in [5.41, 5.74) is 1.95. The van der Waals surface area contributed by atoms with E-state index in [-0.39, 0.29) is 22.8 Å². The monoisotopic (exact) mass is 373 g/mol. The number of hydrogen-bond acceptors (Lipinski definition) is 4. The summed E-state index contributed by atoms with van der Waals surface area (Å²) < 4.78 is 6.13. The predicted octanol–water partition coefficient (Wildman–Crippen LogP) is 3.92. The SMILES string of the molecule is CC(SCC(=O)N1CC2(CCCC2)OCC1C)c1nc2ccccc2[nH]1. The molecule has 2 atom stereocenters. The van der Waals surface area contributed by atoms with E-state index < -0.39 is 0 Å². The van der Waals surface area contributed by atoms with Crippen LogP contribution in [0.3, 0.4) is 0 Å². The summed E-state index contributed by atoms with van der Waals surface area (Å²) in [5, 5.41) is 0.156. The first-order valence-electron chi connectivity index (χ1n) is 9.56. The van der Waals surface area contributed by atoms with Crippen LogP contribution in [0.2, 0.25) is 0 Å². The molecule has 1 aliphatic heterocycles. The van der Waals surface area contributed by atoms with Gasteiger partial charge in [0.1, 0.15) is 5.82 Å². The van der Waals surface area contributed by atoms with Gasteiger partial charge < -0.3 is 14.6 Å². The van der Waals surface area contributed by atoms with Crippen molar-refractivity contribution in [3.05, 3.63) is 30.1 Å². The zero-order valence-corrected chi connectivity index (χ0v) is 16.3. The van der Waals surface area contributed by atoms with Gasteiger partial charge in [0.15, 0.2) is 0 Å². The van der Waals surface area contributed by atoms with Gasteiger partial charge in [-0.05, 0) is 38.8 Å². The summed E-state index contributed by atoms with van der Waals surface area (Å²) in [6.07, 6.45) is 4.61. The third-order valence-electron chi connectivity index (χ3n) is 5.71. The molecule has 2 heterocycles. The van der Waals surface area contributed by atoms with Gasteiger partial charge in [-0.1, -0.05) is 25.0 Å². The lowest BCUT2D eigenvalue weighted by Gasteiger charge is -2.44. The Morgan fingerprint density at radius 1 is 1.42 bits per heavy atom. The largest absolute Gasteiger partial charge is 0.371 e. The fourth-order valence-electron chi connectivity index (χ4n) is 4.08. The van der Waals surface area contributed by atoms with Crippen LogP contribution in [0, 0.1) is 0 Å². The maximum absolute atomic E-state index is 12.9. The smallest absolute Gasteiger partial charge is 0.233 e. The second-order valence-corrected chi connectivity index (χ2v) is 8.99. The van der Waals surface area contributed by atoms with Crippen molar-refractivity contribution < 1.29 is 9.53 Å². The summed E-state index contributed by atoms with van der Waals surface area (Å²) in [6, 6.07) is 8.20. The quantitative estimate of drug-likeness (QED) is 0.882. The molecule has 1 aromatic carbocycles. The summed E-state index contributed by atoms with van der Waals surface area (Å²) >= 11 is 1.65. The number of hydrogen-bond donors (Lipinski definition) is 1. The third kappa shape index (κ3) is 3.49. The van der Waals surface area contributed by atoms with E-state index in [0.29, 0.717) is 12.4 Å². The Bertz CT molecular complexity index is 751. The summed E-state index contributed by atoms with van der Waals surface area (Å²) in [5.74, 6) is 1.64. The minimum absolute atomic E-state index is 0.0722. The Balaban J connectivity index is 1.37. The van der Waals surface area contributed by atoms with Crippen molar-refractivity contribution >= 4 is 28.7 Å². The number of benzene rings is 1. The van der Waals surface area contributed by atoms with Crippen molar-refractivity contribution in [2.45, 2.75) is 56.4 Å². The zero-order chi connectivity index (χ0) is 18.1. The molecule has 2 aromatic rings. The molecule has 2 fully saturated rings. The first kappa shape index (κ1) is 17.9. The van der Waals surface area contributed by atoms with Crippen molar-refractivity contribution in [1.82, 2.24) is 14.9 Å². The van der Waals surface area contributed by atoms with Gasteiger partial charge in [-0.3, -0.25) is 4.79 Å². The Kier molecular flexibility index (Phi) is 4.97. The molecule has 0 bridgehead atoms. The lowest BCUT2D eigenvalue weighted by atomic mass is 9.98. The van der Waals surface area contributed by atoms with Gasteiger partial charge in [0.2, 0.25) is 5.91 Å². The molecular weight excluding hydrogens is 346 g/mol. The number of nitrogens with zero attached hydrogens (tertiary/aromatic N) is 2. The van der Waals surface area contributed by atoms with Gasteiger partial charge in [-0.15, -0.1) is 11.8 Å². The van der Waals surface area contributed by atoms with Crippen LogP contribution in [0.4, 0.5) is 0 Å². The van der Waals surface area contributed by atoms with E-state index in [2.05, 4.69) is 23.8 Å². The molecule has 140 valence electrons. The number of carbonyl (C=O) groups excluding carboxylic acids is 1. The molecule has 1 aliphatic carbocycles. The Labute approximate surface area is 158 Å². The highest BCUT2D eigenvalue weighted by molar-refractivity contribution is 8.00. The highest BCUT2D eigenvalue weighted by Gasteiger charge is 2.42. The maximum Gasteiger partial charge on any atom is 0.233 e. The molecule has 1 spiro atoms. The third-order valence-corrected chi connectivity index (χ3v) is 6.84. The number of ether oxygens (including phenoxy) is 1. The molecule has 1 saturated heterocycles. The van der Waals surface area contributed by atoms with Crippen molar-refractivity contribution in [2.24, 2.45) is 0 Å². The van der Waals surface area contributed by atoms with Gasteiger partial charge in [-0.2, -0.15) is 0 Å².